The van der Waals surface area contributed by atoms with Gasteiger partial charge in [-0.05, 0) is 12.8 Å². The highest BCUT2D eigenvalue weighted by Crippen LogP contribution is 2.39. The highest BCUT2D eigenvalue weighted by Gasteiger charge is 2.43. The summed E-state index contributed by atoms with van der Waals surface area (Å²) in [4.78, 5) is 0. The minimum absolute atomic E-state index is 0.168. The van der Waals surface area contributed by atoms with Crippen LogP contribution in [0.25, 0.3) is 0 Å². The van der Waals surface area contributed by atoms with E-state index in [0.29, 0.717) is 0 Å². The average Bonchev–Trinajstić information content (AvgIpc) is 2.62. The van der Waals surface area contributed by atoms with E-state index in [1.807, 2.05) is 0 Å². The molecule has 0 aromatic heterocycles. The third-order valence-electron chi connectivity index (χ3n) is 2.45. The molecule has 64 valence electrons. The molecule has 1 saturated heterocycles. The molecule has 2 fully saturated rings. The fourth-order valence-electron chi connectivity index (χ4n) is 1.87. The molecular formula is C8H13BrO2. The van der Waals surface area contributed by atoms with E-state index in [4.69, 9.17) is 9.47 Å². The minimum atomic E-state index is -0.168. The molecule has 2 aliphatic rings. The van der Waals surface area contributed by atoms with Crippen molar-refractivity contribution in [3.8, 4) is 0 Å². The molecule has 1 saturated carbocycles. The van der Waals surface area contributed by atoms with Gasteiger partial charge in [-0.15, -0.1) is 0 Å². The number of alkyl halides is 1. The van der Waals surface area contributed by atoms with Crippen LogP contribution in [0.2, 0.25) is 0 Å². The zero-order chi connectivity index (χ0) is 7.73. The van der Waals surface area contributed by atoms with Crippen molar-refractivity contribution in [3.63, 3.8) is 0 Å². The maximum atomic E-state index is 5.79. The van der Waals surface area contributed by atoms with E-state index in [1.54, 1.807) is 0 Å². The van der Waals surface area contributed by atoms with Crippen LogP contribution in [0.5, 0.6) is 0 Å². The first kappa shape index (κ1) is 8.02. The highest BCUT2D eigenvalue weighted by atomic mass is 79.9. The summed E-state index contributed by atoms with van der Waals surface area (Å²) in [5, 5.41) is 0.898. The first-order valence-corrected chi connectivity index (χ1v) is 5.34. The van der Waals surface area contributed by atoms with Gasteiger partial charge in [0.2, 0.25) is 0 Å². The van der Waals surface area contributed by atoms with Gasteiger partial charge in [0.05, 0.1) is 12.7 Å². The van der Waals surface area contributed by atoms with Crippen molar-refractivity contribution in [2.75, 3.05) is 11.9 Å². The van der Waals surface area contributed by atoms with Gasteiger partial charge in [0.1, 0.15) is 0 Å². The lowest BCUT2D eigenvalue weighted by Gasteiger charge is -2.21. The molecule has 0 aromatic rings. The van der Waals surface area contributed by atoms with Crippen LogP contribution in [0, 0.1) is 0 Å². The van der Waals surface area contributed by atoms with Crippen molar-refractivity contribution >= 4 is 15.9 Å². The lowest BCUT2D eigenvalue weighted by molar-refractivity contribution is -0.159. The number of halogens is 1. The van der Waals surface area contributed by atoms with Crippen molar-refractivity contribution in [2.45, 2.75) is 37.6 Å². The topological polar surface area (TPSA) is 18.5 Å². The normalized spacial score (nSPS) is 35.2. The van der Waals surface area contributed by atoms with Gasteiger partial charge in [0, 0.05) is 18.2 Å². The van der Waals surface area contributed by atoms with Gasteiger partial charge in [0.25, 0.3) is 0 Å². The quantitative estimate of drug-likeness (QED) is 0.631. The van der Waals surface area contributed by atoms with Gasteiger partial charge >= 0.3 is 0 Å². The number of ether oxygens (including phenoxy) is 2. The average molecular weight is 221 g/mol. The van der Waals surface area contributed by atoms with Crippen molar-refractivity contribution in [2.24, 2.45) is 0 Å². The molecule has 0 radical (unpaired) electrons. The Morgan fingerprint density at radius 1 is 1.36 bits per heavy atom. The van der Waals surface area contributed by atoms with Crippen LogP contribution in [0.4, 0.5) is 0 Å². The molecule has 2 nitrogen and oxygen atoms in total. The van der Waals surface area contributed by atoms with Crippen LogP contribution in [-0.2, 0) is 9.47 Å². The summed E-state index contributed by atoms with van der Waals surface area (Å²) < 4.78 is 11.4. The Hall–Kier alpha value is 0.400. The van der Waals surface area contributed by atoms with Crippen LogP contribution >= 0.6 is 15.9 Å². The Morgan fingerprint density at radius 2 is 2.09 bits per heavy atom. The van der Waals surface area contributed by atoms with E-state index in [1.165, 1.54) is 12.8 Å². The second-order valence-corrected chi connectivity index (χ2v) is 3.97. The third kappa shape index (κ3) is 1.46. The predicted octanol–water partition coefficient (Wildman–Crippen LogP) is 2.07. The molecule has 1 aliphatic heterocycles. The van der Waals surface area contributed by atoms with E-state index in [0.717, 1.165) is 24.8 Å². The fraction of sp³-hybridized carbons (Fsp3) is 1.00. The van der Waals surface area contributed by atoms with Crippen molar-refractivity contribution in [1.82, 2.24) is 0 Å². The fourth-order valence-corrected chi connectivity index (χ4v) is 2.19. The second kappa shape index (κ2) is 3.04. The second-order valence-electron chi connectivity index (χ2n) is 3.32. The van der Waals surface area contributed by atoms with Crippen LogP contribution in [0.1, 0.15) is 25.7 Å². The van der Waals surface area contributed by atoms with Gasteiger partial charge < -0.3 is 9.47 Å². The Bertz CT molecular complexity index is 143. The summed E-state index contributed by atoms with van der Waals surface area (Å²) in [7, 11) is 0. The summed E-state index contributed by atoms with van der Waals surface area (Å²) in [5.74, 6) is -0.168. The van der Waals surface area contributed by atoms with E-state index in [2.05, 4.69) is 15.9 Å². The third-order valence-corrected chi connectivity index (χ3v) is 3.17. The minimum Gasteiger partial charge on any atom is -0.347 e. The molecule has 0 amide bonds. The summed E-state index contributed by atoms with van der Waals surface area (Å²) in [6, 6.07) is 0. The predicted molar refractivity (Wildman–Crippen MR) is 45.8 cm³/mol. The maximum absolute atomic E-state index is 5.79. The van der Waals surface area contributed by atoms with Crippen molar-refractivity contribution < 1.29 is 9.47 Å². The highest BCUT2D eigenvalue weighted by molar-refractivity contribution is 9.09. The summed E-state index contributed by atoms with van der Waals surface area (Å²) in [6.07, 6.45) is 4.99. The smallest absolute Gasteiger partial charge is 0.168 e. The molecule has 1 heterocycles. The van der Waals surface area contributed by atoms with Crippen molar-refractivity contribution in [3.05, 3.63) is 0 Å². The maximum Gasteiger partial charge on any atom is 0.168 e. The zero-order valence-electron chi connectivity index (χ0n) is 6.51. The zero-order valence-corrected chi connectivity index (χ0v) is 8.10. The molecule has 0 N–H and O–H groups in total. The lowest BCUT2D eigenvalue weighted by atomic mass is 10.2. The van der Waals surface area contributed by atoms with Crippen molar-refractivity contribution in [1.29, 1.82) is 0 Å². The molecule has 1 aliphatic carbocycles. The standard InChI is InChI=1S/C8H13BrO2/c9-5-7-6-10-8(11-7)3-1-2-4-8/h7H,1-6H2. The molecule has 2 rings (SSSR count). The molecule has 1 unspecified atom stereocenters. The number of rotatable bonds is 1. The number of hydrogen-bond acceptors (Lipinski definition) is 2. The monoisotopic (exact) mass is 220 g/mol. The van der Waals surface area contributed by atoms with Crippen LogP contribution < -0.4 is 0 Å². The van der Waals surface area contributed by atoms with Gasteiger partial charge in [-0.3, -0.25) is 0 Å². The van der Waals surface area contributed by atoms with E-state index in [-0.39, 0.29) is 11.9 Å². The molecule has 0 bridgehead atoms. The van der Waals surface area contributed by atoms with E-state index < -0.39 is 0 Å². The molecular weight excluding hydrogens is 208 g/mol. The molecule has 11 heavy (non-hydrogen) atoms. The Labute approximate surface area is 75.4 Å². The summed E-state index contributed by atoms with van der Waals surface area (Å²) in [5.41, 5.74) is 0. The number of hydrogen-bond donors (Lipinski definition) is 0. The van der Waals surface area contributed by atoms with Gasteiger partial charge in [0.15, 0.2) is 5.79 Å². The van der Waals surface area contributed by atoms with Gasteiger partial charge in [-0.25, -0.2) is 0 Å². The van der Waals surface area contributed by atoms with Crippen LogP contribution in [0.3, 0.4) is 0 Å². The first-order valence-electron chi connectivity index (χ1n) is 4.22. The summed E-state index contributed by atoms with van der Waals surface area (Å²) in [6.45, 7) is 0.769. The first-order chi connectivity index (χ1) is 5.35. The largest absolute Gasteiger partial charge is 0.347 e. The van der Waals surface area contributed by atoms with Crippen LogP contribution in [0.15, 0.2) is 0 Å². The molecule has 0 aromatic carbocycles. The van der Waals surface area contributed by atoms with E-state index in [9.17, 15) is 0 Å². The Kier molecular flexibility index (Phi) is 2.21. The Morgan fingerprint density at radius 3 is 2.64 bits per heavy atom. The summed E-state index contributed by atoms with van der Waals surface area (Å²) >= 11 is 3.40. The Balaban J connectivity index is 1.96. The molecule has 3 heteroatoms. The molecule has 1 atom stereocenters. The lowest BCUT2D eigenvalue weighted by Crippen LogP contribution is -2.26. The van der Waals surface area contributed by atoms with E-state index >= 15 is 0 Å². The van der Waals surface area contributed by atoms with Gasteiger partial charge in [-0.1, -0.05) is 15.9 Å². The van der Waals surface area contributed by atoms with Gasteiger partial charge in [-0.2, -0.15) is 0 Å². The SMILES string of the molecule is BrCC1COC2(CCCC2)O1. The molecule has 1 spiro atoms. The van der Waals surface area contributed by atoms with Crippen LogP contribution in [-0.4, -0.2) is 23.8 Å².